The van der Waals surface area contributed by atoms with E-state index in [1.165, 1.54) is 0 Å². The predicted molar refractivity (Wildman–Crippen MR) is 71.1 cm³/mol. The molecule has 0 radical (unpaired) electrons. The third-order valence-electron chi connectivity index (χ3n) is 3.88. The Bertz CT molecular complexity index is 571. The van der Waals surface area contributed by atoms with Crippen LogP contribution in [0.15, 0.2) is 24.3 Å². The maximum Gasteiger partial charge on any atom is 0.319 e. The van der Waals surface area contributed by atoms with Crippen molar-refractivity contribution in [3.63, 3.8) is 0 Å². The Hall–Kier alpha value is -2.04. The van der Waals surface area contributed by atoms with E-state index in [-0.39, 0.29) is 18.4 Å². The Kier molecular flexibility index (Phi) is 2.92. The van der Waals surface area contributed by atoms with Crippen molar-refractivity contribution < 1.29 is 19.1 Å². The smallest absolute Gasteiger partial charge is 0.319 e. The molecule has 0 saturated carbocycles. The van der Waals surface area contributed by atoms with Crippen molar-refractivity contribution >= 4 is 11.9 Å². The van der Waals surface area contributed by atoms with Crippen molar-refractivity contribution in [3.05, 3.63) is 29.8 Å². The van der Waals surface area contributed by atoms with Crippen molar-refractivity contribution in [1.29, 1.82) is 0 Å². The molecule has 2 bridgehead atoms. The summed E-state index contributed by atoms with van der Waals surface area (Å²) < 4.78 is 10.9. The second-order valence-corrected chi connectivity index (χ2v) is 5.40. The summed E-state index contributed by atoms with van der Waals surface area (Å²) in [7, 11) is 0. The summed E-state index contributed by atoms with van der Waals surface area (Å²) in [4.78, 5) is 24.3. The van der Waals surface area contributed by atoms with Gasteiger partial charge in [-0.25, -0.2) is 0 Å². The van der Waals surface area contributed by atoms with Crippen molar-refractivity contribution in [2.45, 2.75) is 31.9 Å². The van der Waals surface area contributed by atoms with Crippen LogP contribution in [-0.4, -0.2) is 24.2 Å². The Balaban J connectivity index is 2.04. The molecule has 0 spiro atoms. The van der Waals surface area contributed by atoms with Crippen LogP contribution in [-0.2, 0) is 14.3 Å². The normalized spacial score (nSPS) is 30.8. The monoisotopic (exact) mass is 275 g/mol. The van der Waals surface area contributed by atoms with Gasteiger partial charge in [0.2, 0.25) is 5.91 Å². The van der Waals surface area contributed by atoms with Crippen LogP contribution in [0, 0.1) is 5.92 Å². The molecule has 0 aliphatic carbocycles. The maximum absolute atomic E-state index is 12.2. The van der Waals surface area contributed by atoms with E-state index in [2.05, 4.69) is 5.32 Å². The number of rotatable bonds is 2. The number of esters is 1. The molecule has 5 heteroatoms. The van der Waals surface area contributed by atoms with Gasteiger partial charge in [0, 0.05) is 12.3 Å². The summed E-state index contributed by atoms with van der Waals surface area (Å²) in [5, 5.41) is 2.79. The van der Waals surface area contributed by atoms with E-state index in [9.17, 15) is 9.59 Å². The first kappa shape index (κ1) is 13.0. The fourth-order valence-electron chi connectivity index (χ4n) is 3.09. The first-order valence-electron chi connectivity index (χ1n) is 6.80. The topological polar surface area (TPSA) is 64.6 Å². The number of para-hydroxylation sites is 1. The standard InChI is InChI=1S/C15H17NO4/c1-3-19-14(18)12-10-8-15(2,16-13(12)17)20-11-7-5-4-6-9(10)11/h4-7,10,12H,3,8H2,1-2H3,(H,16,17)/t10-,12+,15-/m0/s1. The largest absolute Gasteiger partial charge is 0.468 e. The molecule has 3 atom stereocenters. The van der Waals surface area contributed by atoms with Crippen LogP contribution in [0.3, 0.4) is 0 Å². The zero-order valence-corrected chi connectivity index (χ0v) is 11.5. The number of carbonyl (C=O) groups excluding carboxylic acids is 2. The van der Waals surface area contributed by atoms with Crippen molar-refractivity contribution in [1.82, 2.24) is 5.32 Å². The summed E-state index contributed by atoms with van der Waals surface area (Å²) in [5.74, 6) is -1.06. The average Bonchev–Trinajstić information content (AvgIpc) is 2.37. The van der Waals surface area contributed by atoms with Gasteiger partial charge in [0.15, 0.2) is 5.72 Å². The van der Waals surface area contributed by atoms with Gasteiger partial charge in [0.25, 0.3) is 0 Å². The van der Waals surface area contributed by atoms with Crippen LogP contribution in [0.2, 0.25) is 0 Å². The van der Waals surface area contributed by atoms with E-state index in [1.807, 2.05) is 31.2 Å². The Morgan fingerprint density at radius 3 is 3.00 bits per heavy atom. The minimum Gasteiger partial charge on any atom is -0.468 e. The lowest BCUT2D eigenvalue weighted by molar-refractivity contribution is -0.160. The van der Waals surface area contributed by atoms with Gasteiger partial charge in [-0.05, 0) is 25.5 Å². The summed E-state index contributed by atoms with van der Waals surface area (Å²) >= 11 is 0. The Morgan fingerprint density at radius 1 is 1.50 bits per heavy atom. The highest BCUT2D eigenvalue weighted by Crippen LogP contribution is 2.46. The highest BCUT2D eigenvalue weighted by Gasteiger charge is 2.52. The minimum absolute atomic E-state index is 0.197. The van der Waals surface area contributed by atoms with E-state index >= 15 is 0 Å². The molecule has 3 rings (SSSR count). The average molecular weight is 275 g/mol. The molecule has 1 saturated heterocycles. The quantitative estimate of drug-likeness (QED) is 0.657. The van der Waals surface area contributed by atoms with Crippen molar-refractivity contribution in [2.24, 2.45) is 5.92 Å². The van der Waals surface area contributed by atoms with Crippen LogP contribution >= 0.6 is 0 Å². The second kappa shape index (κ2) is 4.51. The van der Waals surface area contributed by atoms with Crippen LogP contribution in [0.25, 0.3) is 0 Å². The van der Waals surface area contributed by atoms with Crippen LogP contribution in [0.5, 0.6) is 5.75 Å². The molecule has 2 heterocycles. The van der Waals surface area contributed by atoms with Crippen LogP contribution in [0.4, 0.5) is 0 Å². The molecular weight excluding hydrogens is 258 g/mol. The molecule has 2 aliphatic heterocycles. The molecular formula is C15H17NO4. The molecule has 1 amide bonds. The van der Waals surface area contributed by atoms with Gasteiger partial charge in [0.05, 0.1) is 6.61 Å². The number of carbonyl (C=O) groups is 2. The fourth-order valence-corrected chi connectivity index (χ4v) is 3.09. The van der Waals surface area contributed by atoms with Crippen molar-refractivity contribution in [3.8, 4) is 5.75 Å². The van der Waals surface area contributed by atoms with Crippen LogP contribution < -0.4 is 10.1 Å². The molecule has 0 aromatic heterocycles. The number of piperidine rings is 1. The predicted octanol–water partition coefficient (Wildman–Crippen LogP) is 1.58. The third-order valence-corrected chi connectivity index (χ3v) is 3.88. The lowest BCUT2D eigenvalue weighted by Gasteiger charge is -2.46. The van der Waals surface area contributed by atoms with Gasteiger partial charge < -0.3 is 14.8 Å². The fraction of sp³-hybridized carbons (Fsp3) is 0.467. The molecule has 1 aromatic carbocycles. The second-order valence-electron chi connectivity index (χ2n) is 5.40. The number of fused-ring (bicyclic) bond motifs is 4. The maximum atomic E-state index is 12.2. The Labute approximate surface area is 117 Å². The molecule has 1 N–H and O–H groups in total. The minimum atomic E-state index is -0.798. The summed E-state index contributed by atoms with van der Waals surface area (Å²) in [5.41, 5.74) is 0.150. The van der Waals surface area contributed by atoms with Gasteiger partial charge in [-0.3, -0.25) is 9.59 Å². The highest BCUT2D eigenvalue weighted by atomic mass is 16.5. The highest BCUT2D eigenvalue weighted by molar-refractivity contribution is 6.00. The summed E-state index contributed by atoms with van der Waals surface area (Å²) in [6, 6.07) is 7.54. The lowest BCUT2D eigenvalue weighted by atomic mass is 9.75. The van der Waals surface area contributed by atoms with Gasteiger partial charge in [0.1, 0.15) is 11.7 Å². The van der Waals surface area contributed by atoms with E-state index < -0.39 is 17.6 Å². The molecule has 106 valence electrons. The number of nitrogens with one attached hydrogen (secondary N) is 1. The van der Waals surface area contributed by atoms with E-state index in [0.29, 0.717) is 6.42 Å². The molecule has 0 unspecified atom stereocenters. The number of ether oxygens (including phenoxy) is 2. The molecule has 2 aliphatic rings. The zero-order valence-electron chi connectivity index (χ0n) is 11.5. The number of hydrogen-bond donors (Lipinski definition) is 1. The van der Waals surface area contributed by atoms with E-state index in [4.69, 9.17) is 9.47 Å². The number of amides is 1. The SMILES string of the molecule is CCOC(=O)[C@H]1C(=O)N[C@]2(C)C[C@H]1c1ccccc1O2. The first-order valence-corrected chi connectivity index (χ1v) is 6.80. The first-order chi connectivity index (χ1) is 9.54. The lowest BCUT2D eigenvalue weighted by Crippen LogP contribution is -2.62. The molecule has 20 heavy (non-hydrogen) atoms. The summed E-state index contributed by atoms with van der Waals surface area (Å²) in [6.45, 7) is 3.83. The number of hydrogen-bond acceptors (Lipinski definition) is 4. The van der Waals surface area contributed by atoms with Gasteiger partial charge >= 0.3 is 5.97 Å². The summed E-state index contributed by atoms with van der Waals surface area (Å²) in [6.07, 6.45) is 0.569. The van der Waals surface area contributed by atoms with Gasteiger partial charge in [-0.2, -0.15) is 0 Å². The van der Waals surface area contributed by atoms with Gasteiger partial charge in [-0.15, -0.1) is 0 Å². The number of benzene rings is 1. The van der Waals surface area contributed by atoms with Crippen LogP contribution in [0.1, 0.15) is 31.7 Å². The Morgan fingerprint density at radius 2 is 2.25 bits per heavy atom. The zero-order chi connectivity index (χ0) is 14.3. The van der Waals surface area contributed by atoms with Gasteiger partial charge in [-0.1, -0.05) is 18.2 Å². The van der Waals surface area contributed by atoms with E-state index in [1.54, 1.807) is 6.92 Å². The molecule has 1 aromatic rings. The third kappa shape index (κ3) is 1.94. The molecule has 1 fully saturated rings. The van der Waals surface area contributed by atoms with E-state index in [0.717, 1.165) is 11.3 Å². The molecule has 5 nitrogen and oxygen atoms in total. The van der Waals surface area contributed by atoms with Crippen molar-refractivity contribution in [2.75, 3.05) is 6.61 Å².